The van der Waals surface area contributed by atoms with Crippen LogP contribution in [-0.4, -0.2) is 25.2 Å². The highest BCUT2D eigenvalue weighted by atomic mass is 79.9. The van der Waals surface area contributed by atoms with Gasteiger partial charge >= 0.3 is 5.97 Å². The molecule has 0 aliphatic heterocycles. The number of halogens is 1. The maximum absolute atomic E-state index is 10.8. The van der Waals surface area contributed by atoms with E-state index in [1.54, 1.807) is 0 Å². The minimum absolute atomic E-state index is 0.126. The maximum atomic E-state index is 10.8. The average Bonchev–Trinajstić information content (AvgIpc) is 2.14. The third-order valence-electron chi connectivity index (χ3n) is 2.80. The zero-order chi connectivity index (χ0) is 13.2. The van der Waals surface area contributed by atoms with Crippen molar-refractivity contribution in [1.29, 1.82) is 0 Å². The SMILES string of the molecule is CN(C)c1ccc(C(C)(C)CC(=O)O)cc1Br. The van der Waals surface area contributed by atoms with Crippen LogP contribution in [0.15, 0.2) is 22.7 Å². The van der Waals surface area contributed by atoms with Gasteiger partial charge in [-0.2, -0.15) is 0 Å². The van der Waals surface area contributed by atoms with Gasteiger partial charge in [0.2, 0.25) is 0 Å². The van der Waals surface area contributed by atoms with E-state index < -0.39 is 5.97 Å². The van der Waals surface area contributed by atoms with E-state index in [1.165, 1.54) is 0 Å². The van der Waals surface area contributed by atoms with Gasteiger partial charge in [-0.15, -0.1) is 0 Å². The lowest BCUT2D eigenvalue weighted by molar-refractivity contribution is -0.138. The molecule has 1 rings (SSSR count). The van der Waals surface area contributed by atoms with Crippen LogP contribution in [0.1, 0.15) is 25.8 Å². The predicted molar refractivity (Wildman–Crippen MR) is 73.7 cm³/mol. The smallest absolute Gasteiger partial charge is 0.304 e. The molecule has 0 heterocycles. The molecule has 3 nitrogen and oxygen atoms in total. The molecule has 0 amide bonds. The summed E-state index contributed by atoms with van der Waals surface area (Å²) in [6, 6.07) is 5.99. The lowest BCUT2D eigenvalue weighted by atomic mass is 9.81. The molecule has 0 saturated heterocycles. The summed E-state index contributed by atoms with van der Waals surface area (Å²) in [6.07, 6.45) is 0.126. The Morgan fingerprint density at radius 2 is 2.00 bits per heavy atom. The summed E-state index contributed by atoms with van der Waals surface area (Å²) >= 11 is 3.52. The van der Waals surface area contributed by atoms with Crippen LogP contribution < -0.4 is 4.90 Å². The van der Waals surface area contributed by atoms with Gasteiger partial charge in [-0.3, -0.25) is 4.79 Å². The molecule has 4 heteroatoms. The molecule has 94 valence electrons. The Labute approximate surface area is 111 Å². The highest BCUT2D eigenvalue weighted by molar-refractivity contribution is 9.10. The summed E-state index contributed by atoms with van der Waals surface area (Å²) in [6.45, 7) is 3.89. The molecule has 0 aliphatic carbocycles. The van der Waals surface area contributed by atoms with E-state index in [0.717, 1.165) is 15.7 Å². The number of anilines is 1. The van der Waals surface area contributed by atoms with E-state index in [2.05, 4.69) is 15.9 Å². The summed E-state index contributed by atoms with van der Waals surface area (Å²) in [4.78, 5) is 12.8. The first-order valence-electron chi connectivity index (χ1n) is 5.43. The second kappa shape index (κ2) is 5.08. The van der Waals surface area contributed by atoms with Gasteiger partial charge in [0, 0.05) is 24.0 Å². The van der Waals surface area contributed by atoms with Crippen LogP contribution in [-0.2, 0) is 10.2 Å². The molecule has 0 aliphatic rings. The number of aliphatic carboxylic acids is 1. The second-order valence-electron chi connectivity index (χ2n) is 5.02. The highest BCUT2D eigenvalue weighted by Gasteiger charge is 2.24. The lowest BCUT2D eigenvalue weighted by Gasteiger charge is -2.25. The lowest BCUT2D eigenvalue weighted by Crippen LogP contribution is -2.22. The fraction of sp³-hybridized carbons (Fsp3) is 0.462. The minimum Gasteiger partial charge on any atom is -0.481 e. The first-order valence-corrected chi connectivity index (χ1v) is 6.22. The van der Waals surface area contributed by atoms with E-state index in [1.807, 2.05) is 51.0 Å². The molecule has 1 aromatic carbocycles. The van der Waals surface area contributed by atoms with E-state index in [-0.39, 0.29) is 11.8 Å². The van der Waals surface area contributed by atoms with Crippen molar-refractivity contribution in [2.45, 2.75) is 25.7 Å². The largest absolute Gasteiger partial charge is 0.481 e. The van der Waals surface area contributed by atoms with E-state index in [4.69, 9.17) is 5.11 Å². The van der Waals surface area contributed by atoms with E-state index in [0.29, 0.717) is 0 Å². The monoisotopic (exact) mass is 299 g/mol. The molecular formula is C13H18BrNO2. The summed E-state index contributed by atoms with van der Waals surface area (Å²) in [7, 11) is 3.95. The molecule has 0 aromatic heterocycles. The van der Waals surface area contributed by atoms with E-state index in [9.17, 15) is 4.79 Å². The number of rotatable bonds is 4. The Kier molecular flexibility index (Phi) is 4.20. The molecule has 0 spiro atoms. The zero-order valence-electron chi connectivity index (χ0n) is 10.6. The first kappa shape index (κ1) is 14.0. The summed E-state index contributed by atoms with van der Waals surface area (Å²) < 4.78 is 0.985. The Morgan fingerprint density at radius 3 is 2.41 bits per heavy atom. The molecule has 1 N–H and O–H groups in total. The predicted octanol–water partition coefficient (Wildman–Crippen LogP) is 3.27. The first-order chi connectivity index (χ1) is 7.74. The van der Waals surface area contributed by atoms with Crippen LogP contribution in [0, 0.1) is 0 Å². The molecule has 17 heavy (non-hydrogen) atoms. The highest BCUT2D eigenvalue weighted by Crippen LogP contribution is 2.33. The van der Waals surface area contributed by atoms with Gasteiger partial charge in [0.15, 0.2) is 0 Å². The van der Waals surface area contributed by atoms with Crippen LogP contribution in [0.25, 0.3) is 0 Å². The Bertz CT molecular complexity index is 427. The Hall–Kier alpha value is -1.03. The molecule has 0 bridgehead atoms. The second-order valence-corrected chi connectivity index (χ2v) is 5.87. The number of carbonyl (C=O) groups is 1. The minimum atomic E-state index is -0.775. The zero-order valence-corrected chi connectivity index (χ0v) is 12.2. The van der Waals surface area contributed by atoms with Crippen LogP contribution in [0.2, 0.25) is 0 Å². The van der Waals surface area contributed by atoms with Crippen molar-refractivity contribution >= 4 is 27.6 Å². The van der Waals surface area contributed by atoms with Crippen molar-refractivity contribution in [2.24, 2.45) is 0 Å². The van der Waals surface area contributed by atoms with Gasteiger partial charge < -0.3 is 10.0 Å². The molecule has 0 unspecified atom stereocenters. The molecule has 1 aromatic rings. The number of hydrogen-bond acceptors (Lipinski definition) is 2. The van der Waals surface area contributed by atoms with E-state index >= 15 is 0 Å². The van der Waals surface area contributed by atoms with Crippen LogP contribution in [0.4, 0.5) is 5.69 Å². The van der Waals surface area contributed by atoms with Gasteiger partial charge in [0.05, 0.1) is 12.1 Å². The van der Waals surface area contributed by atoms with Crippen LogP contribution in [0.5, 0.6) is 0 Å². The van der Waals surface area contributed by atoms with Crippen molar-refractivity contribution < 1.29 is 9.90 Å². The number of hydrogen-bond donors (Lipinski definition) is 1. The fourth-order valence-corrected chi connectivity index (χ4v) is 2.50. The maximum Gasteiger partial charge on any atom is 0.304 e. The van der Waals surface area contributed by atoms with Crippen LogP contribution in [0.3, 0.4) is 0 Å². The molecule has 0 atom stereocenters. The molecule has 0 saturated carbocycles. The van der Waals surface area contributed by atoms with Crippen LogP contribution >= 0.6 is 15.9 Å². The van der Waals surface area contributed by atoms with Gasteiger partial charge in [0.25, 0.3) is 0 Å². The van der Waals surface area contributed by atoms with Crippen molar-refractivity contribution in [1.82, 2.24) is 0 Å². The Morgan fingerprint density at radius 1 is 1.41 bits per heavy atom. The number of benzene rings is 1. The van der Waals surface area contributed by atoms with Gasteiger partial charge in [-0.05, 0) is 33.6 Å². The van der Waals surface area contributed by atoms with Gasteiger partial charge in [0.1, 0.15) is 0 Å². The molecular weight excluding hydrogens is 282 g/mol. The van der Waals surface area contributed by atoms with Crippen molar-refractivity contribution in [3.63, 3.8) is 0 Å². The fourth-order valence-electron chi connectivity index (χ4n) is 1.77. The molecule has 0 fully saturated rings. The normalized spacial score (nSPS) is 11.4. The number of carboxylic acids is 1. The number of nitrogens with zero attached hydrogens (tertiary/aromatic N) is 1. The summed E-state index contributed by atoms with van der Waals surface area (Å²) in [5, 5.41) is 8.90. The standard InChI is InChI=1S/C13H18BrNO2/c1-13(2,8-12(16)17)9-5-6-11(15(3)4)10(14)7-9/h5-7H,8H2,1-4H3,(H,16,17). The quantitative estimate of drug-likeness (QED) is 0.928. The summed E-state index contributed by atoms with van der Waals surface area (Å²) in [5.41, 5.74) is 1.75. The topological polar surface area (TPSA) is 40.5 Å². The third-order valence-corrected chi connectivity index (χ3v) is 3.44. The molecule has 0 radical (unpaired) electrons. The third kappa shape index (κ3) is 3.46. The van der Waals surface area contributed by atoms with Gasteiger partial charge in [-0.25, -0.2) is 0 Å². The average molecular weight is 300 g/mol. The van der Waals surface area contributed by atoms with Crippen molar-refractivity contribution in [3.05, 3.63) is 28.2 Å². The van der Waals surface area contributed by atoms with Crippen molar-refractivity contribution in [3.8, 4) is 0 Å². The Balaban J connectivity index is 3.08. The van der Waals surface area contributed by atoms with Gasteiger partial charge in [-0.1, -0.05) is 19.9 Å². The summed E-state index contributed by atoms with van der Waals surface area (Å²) in [5.74, 6) is -0.775. The van der Waals surface area contributed by atoms with Crippen molar-refractivity contribution in [2.75, 3.05) is 19.0 Å². The number of carboxylic acid groups (broad SMARTS) is 1.